The van der Waals surface area contributed by atoms with Crippen LogP contribution in [-0.2, 0) is 0 Å². The van der Waals surface area contributed by atoms with E-state index in [0.29, 0.717) is 5.92 Å². The Hall–Kier alpha value is -1.32. The Bertz CT molecular complexity index is 451. The number of anilines is 1. The van der Waals surface area contributed by atoms with E-state index in [1.54, 1.807) is 6.33 Å². The predicted octanol–water partition coefficient (Wildman–Crippen LogP) is 4.24. The molecule has 1 heterocycles. The molecule has 1 aromatic rings. The maximum atomic E-state index is 6.28. The molecule has 118 valence electrons. The van der Waals surface area contributed by atoms with Gasteiger partial charge in [-0.3, -0.25) is 0 Å². The molecule has 1 fully saturated rings. The summed E-state index contributed by atoms with van der Waals surface area (Å²) >= 11 is 0. The second-order valence-corrected chi connectivity index (χ2v) is 6.78. The van der Waals surface area contributed by atoms with E-state index in [9.17, 15) is 0 Å². The number of hydrogen-bond donors (Lipinski definition) is 1. The summed E-state index contributed by atoms with van der Waals surface area (Å²) in [5.41, 5.74) is 1.10. The first-order valence-electron chi connectivity index (χ1n) is 8.26. The third-order valence-corrected chi connectivity index (χ3v) is 4.18. The van der Waals surface area contributed by atoms with Gasteiger partial charge in [0.1, 0.15) is 18.2 Å². The molecule has 0 aliphatic heterocycles. The molecule has 0 spiro atoms. The van der Waals surface area contributed by atoms with Gasteiger partial charge in [0.05, 0.1) is 5.56 Å². The second kappa shape index (κ2) is 7.10. The lowest BCUT2D eigenvalue weighted by atomic mass is 9.82. The van der Waals surface area contributed by atoms with Crippen molar-refractivity contribution in [1.29, 1.82) is 0 Å². The van der Waals surface area contributed by atoms with Gasteiger partial charge in [0.15, 0.2) is 0 Å². The molecule has 1 N–H and O–H groups in total. The van der Waals surface area contributed by atoms with Crippen LogP contribution in [0.15, 0.2) is 6.33 Å². The fraction of sp³-hybridized carbons (Fsp3) is 0.765. The lowest BCUT2D eigenvalue weighted by Crippen LogP contribution is -2.29. The highest BCUT2D eigenvalue weighted by atomic mass is 16.5. The standard InChI is InChI=1S/C17H29N3O/c1-6-18-16-15(11(2)3)17(20-10-19-16)21-14-8-12(4)7-13(5)9-14/h10-14H,6-9H2,1-5H3,(H,18,19,20). The molecule has 4 heteroatoms. The molecule has 1 aromatic heterocycles. The normalized spacial score (nSPS) is 25.9. The van der Waals surface area contributed by atoms with Gasteiger partial charge < -0.3 is 10.1 Å². The molecule has 0 radical (unpaired) electrons. The van der Waals surface area contributed by atoms with Gasteiger partial charge in [-0.15, -0.1) is 0 Å². The first kappa shape index (κ1) is 16.1. The highest BCUT2D eigenvalue weighted by Gasteiger charge is 2.27. The summed E-state index contributed by atoms with van der Waals surface area (Å²) in [6.07, 6.45) is 5.45. The molecule has 2 atom stereocenters. The van der Waals surface area contributed by atoms with Crippen LogP contribution in [0, 0.1) is 11.8 Å². The fourth-order valence-electron chi connectivity index (χ4n) is 3.43. The fourth-order valence-corrected chi connectivity index (χ4v) is 3.43. The van der Waals surface area contributed by atoms with Crippen molar-refractivity contribution in [1.82, 2.24) is 9.97 Å². The lowest BCUT2D eigenvalue weighted by molar-refractivity contribution is 0.0953. The van der Waals surface area contributed by atoms with Gasteiger partial charge in [-0.05, 0) is 43.9 Å². The van der Waals surface area contributed by atoms with Crippen LogP contribution in [0.2, 0.25) is 0 Å². The summed E-state index contributed by atoms with van der Waals surface area (Å²) in [6, 6.07) is 0. The molecule has 0 amide bonds. The minimum Gasteiger partial charge on any atom is -0.474 e. The Morgan fingerprint density at radius 1 is 1.19 bits per heavy atom. The van der Waals surface area contributed by atoms with Crippen LogP contribution in [0.1, 0.15) is 65.4 Å². The van der Waals surface area contributed by atoms with E-state index in [4.69, 9.17) is 4.74 Å². The van der Waals surface area contributed by atoms with Gasteiger partial charge in [-0.25, -0.2) is 9.97 Å². The average molecular weight is 291 g/mol. The van der Waals surface area contributed by atoms with E-state index in [2.05, 4.69) is 49.9 Å². The molecule has 2 rings (SSSR count). The quantitative estimate of drug-likeness (QED) is 0.881. The van der Waals surface area contributed by atoms with Crippen molar-refractivity contribution in [3.63, 3.8) is 0 Å². The average Bonchev–Trinajstić information content (AvgIpc) is 2.37. The molecule has 1 saturated carbocycles. The molecule has 0 bridgehead atoms. The second-order valence-electron chi connectivity index (χ2n) is 6.78. The smallest absolute Gasteiger partial charge is 0.222 e. The van der Waals surface area contributed by atoms with Crippen molar-refractivity contribution in [3.8, 4) is 5.88 Å². The summed E-state index contributed by atoms with van der Waals surface area (Å²) in [5, 5.41) is 3.32. The van der Waals surface area contributed by atoms with E-state index in [0.717, 1.165) is 48.5 Å². The van der Waals surface area contributed by atoms with Crippen LogP contribution in [0.5, 0.6) is 5.88 Å². The number of aromatic nitrogens is 2. The van der Waals surface area contributed by atoms with Crippen molar-refractivity contribution in [2.75, 3.05) is 11.9 Å². The molecule has 4 nitrogen and oxygen atoms in total. The van der Waals surface area contributed by atoms with Crippen LogP contribution in [0.25, 0.3) is 0 Å². The van der Waals surface area contributed by atoms with Crippen LogP contribution in [-0.4, -0.2) is 22.6 Å². The summed E-state index contributed by atoms with van der Waals surface area (Å²) in [4.78, 5) is 8.78. The monoisotopic (exact) mass is 291 g/mol. The lowest BCUT2D eigenvalue weighted by Gasteiger charge is -2.32. The van der Waals surface area contributed by atoms with E-state index in [1.807, 2.05) is 0 Å². The number of rotatable bonds is 5. The van der Waals surface area contributed by atoms with Crippen LogP contribution in [0.4, 0.5) is 5.82 Å². The van der Waals surface area contributed by atoms with Crippen LogP contribution < -0.4 is 10.1 Å². The Morgan fingerprint density at radius 2 is 1.86 bits per heavy atom. The molecule has 21 heavy (non-hydrogen) atoms. The Balaban J connectivity index is 2.20. The zero-order chi connectivity index (χ0) is 15.4. The molecule has 1 aliphatic carbocycles. The third kappa shape index (κ3) is 4.08. The Kier molecular flexibility index (Phi) is 5.43. The van der Waals surface area contributed by atoms with Crippen LogP contribution >= 0.6 is 0 Å². The largest absolute Gasteiger partial charge is 0.474 e. The van der Waals surface area contributed by atoms with Gasteiger partial charge in [-0.2, -0.15) is 0 Å². The predicted molar refractivity (Wildman–Crippen MR) is 86.9 cm³/mol. The van der Waals surface area contributed by atoms with E-state index < -0.39 is 0 Å². The van der Waals surface area contributed by atoms with Crippen molar-refractivity contribution >= 4 is 5.82 Å². The van der Waals surface area contributed by atoms with Gasteiger partial charge in [0, 0.05) is 6.54 Å². The van der Waals surface area contributed by atoms with Crippen molar-refractivity contribution < 1.29 is 4.74 Å². The van der Waals surface area contributed by atoms with Gasteiger partial charge in [0.25, 0.3) is 0 Å². The molecule has 0 saturated heterocycles. The topological polar surface area (TPSA) is 47.0 Å². The summed E-state index contributed by atoms with van der Waals surface area (Å²) < 4.78 is 6.28. The third-order valence-electron chi connectivity index (χ3n) is 4.18. The molecule has 1 aliphatic rings. The minimum absolute atomic E-state index is 0.283. The van der Waals surface area contributed by atoms with Crippen molar-refractivity contribution in [2.24, 2.45) is 11.8 Å². The highest BCUT2D eigenvalue weighted by Crippen LogP contribution is 2.35. The zero-order valence-electron chi connectivity index (χ0n) is 14.0. The molecule has 2 unspecified atom stereocenters. The Morgan fingerprint density at radius 3 is 2.43 bits per heavy atom. The summed E-state index contributed by atoms with van der Waals surface area (Å²) in [5.74, 6) is 3.48. The van der Waals surface area contributed by atoms with E-state index >= 15 is 0 Å². The molecular weight excluding hydrogens is 262 g/mol. The van der Waals surface area contributed by atoms with Crippen molar-refractivity contribution in [3.05, 3.63) is 11.9 Å². The zero-order valence-corrected chi connectivity index (χ0v) is 14.0. The summed E-state index contributed by atoms with van der Waals surface area (Å²) in [7, 11) is 0. The molecule has 0 aromatic carbocycles. The SMILES string of the molecule is CCNc1ncnc(OC2CC(C)CC(C)C2)c1C(C)C. The van der Waals surface area contributed by atoms with Gasteiger partial charge >= 0.3 is 0 Å². The highest BCUT2D eigenvalue weighted by molar-refractivity contribution is 5.50. The van der Waals surface area contributed by atoms with E-state index in [-0.39, 0.29) is 6.10 Å². The molecular formula is C17H29N3O. The van der Waals surface area contributed by atoms with E-state index in [1.165, 1.54) is 6.42 Å². The maximum Gasteiger partial charge on any atom is 0.222 e. The number of ether oxygens (including phenoxy) is 1. The number of nitrogens with zero attached hydrogens (tertiary/aromatic N) is 2. The first-order chi connectivity index (χ1) is 10.0. The minimum atomic E-state index is 0.283. The maximum absolute atomic E-state index is 6.28. The van der Waals surface area contributed by atoms with Crippen LogP contribution in [0.3, 0.4) is 0 Å². The number of hydrogen-bond acceptors (Lipinski definition) is 4. The summed E-state index contributed by atoms with van der Waals surface area (Å²) in [6.45, 7) is 11.9. The Labute approximate surface area is 128 Å². The van der Waals surface area contributed by atoms with Crippen molar-refractivity contribution in [2.45, 2.75) is 65.9 Å². The van der Waals surface area contributed by atoms with Gasteiger partial charge in [-0.1, -0.05) is 27.7 Å². The first-order valence-corrected chi connectivity index (χ1v) is 8.26. The number of nitrogens with one attached hydrogen (secondary N) is 1. The van der Waals surface area contributed by atoms with Gasteiger partial charge in [0.2, 0.25) is 5.88 Å².